The molecule has 98 valence electrons. The van der Waals surface area contributed by atoms with Gasteiger partial charge in [-0.2, -0.15) is 0 Å². The second-order valence-corrected chi connectivity index (χ2v) is 4.79. The zero-order valence-electron chi connectivity index (χ0n) is 10.8. The lowest BCUT2D eigenvalue weighted by Crippen LogP contribution is -2.53. The first kappa shape index (κ1) is 12.9. The van der Waals surface area contributed by atoms with Crippen LogP contribution in [0.2, 0.25) is 0 Å². The molecule has 0 spiro atoms. The van der Waals surface area contributed by atoms with Crippen molar-refractivity contribution in [2.24, 2.45) is 0 Å². The van der Waals surface area contributed by atoms with Crippen molar-refractivity contribution in [3.05, 3.63) is 29.6 Å². The Kier molecular flexibility index (Phi) is 3.55. The molecular formula is C14H18FNO2. The monoisotopic (exact) mass is 251 g/mol. The van der Waals surface area contributed by atoms with E-state index in [1.807, 2.05) is 6.92 Å². The molecule has 18 heavy (non-hydrogen) atoms. The molecule has 1 N–H and O–H groups in total. The van der Waals surface area contributed by atoms with Crippen molar-refractivity contribution < 1.29 is 13.9 Å². The molecule has 0 atom stereocenters. The molecule has 1 fully saturated rings. The molecule has 1 amide bonds. The van der Waals surface area contributed by atoms with Gasteiger partial charge in [0.05, 0.1) is 12.7 Å². The van der Waals surface area contributed by atoms with Gasteiger partial charge in [0.2, 0.25) is 0 Å². The minimum Gasteiger partial charge on any atom is -0.497 e. The summed E-state index contributed by atoms with van der Waals surface area (Å²) >= 11 is 0. The SMILES string of the molecule is CCC1(NC(=O)c2ccc(OC)cc2F)CCC1. The fourth-order valence-corrected chi connectivity index (χ4v) is 2.29. The van der Waals surface area contributed by atoms with E-state index < -0.39 is 5.82 Å². The van der Waals surface area contributed by atoms with Gasteiger partial charge in [0.1, 0.15) is 11.6 Å². The number of carbonyl (C=O) groups is 1. The zero-order valence-corrected chi connectivity index (χ0v) is 10.8. The first-order chi connectivity index (χ1) is 8.60. The number of carbonyl (C=O) groups excluding carboxylic acids is 1. The molecule has 1 aliphatic rings. The molecule has 3 nitrogen and oxygen atoms in total. The van der Waals surface area contributed by atoms with Gasteiger partial charge in [-0.3, -0.25) is 4.79 Å². The van der Waals surface area contributed by atoms with Crippen molar-refractivity contribution in [2.75, 3.05) is 7.11 Å². The van der Waals surface area contributed by atoms with Crippen LogP contribution in [0.1, 0.15) is 43.0 Å². The third-order valence-electron chi connectivity index (χ3n) is 3.79. The quantitative estimate of drug-likeness (QED) is 0.893. The highest BCUT2D eigenvalue weighted by Gasteiger charge is 2.36. The summed E-state index contributed by atoms with van der Waals surface area (Å²) in [5.41, 5.74) is -0.0424. The summed E-state index contributed by atoms with van der Waals surface area (Å²) in [5.74, 6) is -0.466. The highest BCUT2D eigenvalue weighted by atomic mass is 19.1. The van der Waals surface area contributed by atoms with Crippen LogP contribution in [-0.2, 0) is 0 Å². The fraction of sp³-hybridized carbons (Fsp3) is 0.500. The largest absolute Gasteiger partial charge is 0.497 e. The molecular weight excluding hydrogens is 233 g/mol. The van der Waals surface area contributed by atoms with Crippen LogP contribution in [0.15, 0.2) is 18.2 Å². The van der Waals surface area contributed by atoms with Crippen LogP contribution in [0.25, 0.3) is 0 Å². The zero-order chi connectivity index (χ0) is 13.2. The average Bonchev–Trinajstić information content (AvgIpc) is 2.33. The molecule has 1 aliphatic carbocycles. The lowest BCUT2D eigenvalue weighted by molar-refractivity contribution is 0.0816. The summed E-state index contributed by atoms with van der Waals surface area (Å²) in [5, 5.41) is 2.95. The van der Waals surface area contributed by atoms with Gasteiger partial charge in [0.15, 0.2) is 0 Å². The minimum atomic E-state index is -0.544. The van der Waals surface area contributed by atoms with Crippen molar-refractivity contribution in [1.29, 1.82) is 0 Å². The van der Waals surface area contributed by atoms with Crippen LogP contribution in [0, 0.1) is 5.82 Å². The Bertz CT molecular complexity index is 450. The van der Waals surface area contributed by atoms with Gasteiger partial charge in [-0.05, 0) is 37.8 Å². The lowest BCUT2D eigenvalue weighted by atomic mass is 9.74. The van der Waals surface area contributed by atoms with E-state index in [0.717, 1.165) is 25.7 Å². The molecule has 1 aromatic carbocycles. The van der Waals surface area contributed by atoms with Crippen molar-refractivity contribution in [3.8, 4) is 5.75 Å². The predicted molar refractivity (Wildman–Crippen MR) is 67.3 cm³/mol. The molecule has 2 rings (SSSR count). The van der Waals surface area contributed by atoms with E-state index in [9.17, 15) is 9.18 Å². The standard InChI is InChI=1S/C14H18FNO2/c1-3-14(7-4-8-14)16-13(17)11-6-5-10(18-2)9-12(11)15/h5-6,9H,3-4,7-8H2,1-2H3,(H,16,17). The summed E-state index contributed by atoms with van der Waals surface area (Å²) in [6.07, 6.45) is 3.97. The molecule has 0 aliphatic heterocycles. The molecule has 0 unspecified atom stereocenters. The van der Waals surface area contributed by atoms with Gasteiger partial charge in [0.25, 0.3) is 5.91 Å². The van der Waals surface area contributed by atoms with E-state index in [2.05, 4.69) is 5.32 Å². The number of nitrogens with one attached hydrogen (secondary N) is 1. The van der Waals surface area contributed by atoms with Crippen LogP contribution >= 0.6 is 0 Å². The second kappa shape index (κ2) is 4.96. The van der Waals surface area contributed by atoms with Crippen molar-refractivity contribution in [3.63, 3.8) is 0 Å². The maximum absolute atomic E-state index is 13.7. The lowest BCUT2D eigenvalue weighted by Gasteiger charge is -2.42. The Morgan fingerprint density at radius 3 is 2.67 bits per heavy atom. The predicted octanol–water partition coefficient (Wildman–Crippen LogP) is 2.90. The summed E-state index contributed by atoms with van der Waals surface area (Å²) in [7, 11) is 1.47. The Hall–Kier alpha value is -1.58. The summed E-state index contributed by atoms with van der Waals surface area (Å²) in [4.78, 5) is 12.0. The average molecular weight is 251 g/mol. The fourth-order valence-electron chi connectivity index (χ4n) is 2.29. The summed E-state index contributed by atoms with van der Waals surface area (Å²) < 4.78 is 18.7. The number of methoxy groups -OCH3 is 1. The molecule has 1 aromatic rings. The second-order valence-electron chi connectivity index (χ2n) is 4.79. The number of hydrogen-bond donors (Lipinski definition) is 1. The number of rotatable bonds is 4. The first-order valence-corrected chi connectivity index (χ1v) is 6.26. The van der Waals surface area contributed by atoms with E-state index in [-0.39, 0.29) is 17.0 Å². The van der Waals surface area contributed by atoms with Crippen molar-refractivity contribution in [2.45, 2.75) is 38.1 Å². The number of halogens is 1. The van der Waals surface area contributed by atoms with Gasteiger partial charge in [0, 0.05) is 11.6 Å². The third kappa shape index (κ3) is 2.33. The van der Waals surface area contributed by atoms with Crippen molar-refractivity contribution in [1.82, 2.24) is 5.32 Å². The van der Waals surface area contributed by atoms with E-state index >= 15 is 0 Å². The minimum absolute atomic E-state index is 0.0792. The van der Waals surface area contributed by atoms with Gasteiger partial charge in [-0.25, -0.2) is 4.39 Å². The normalized spacial score (nSPS) is 16.8. The van der Waals surface area contributed by atoms with Gasteiger partial charge in [-0.15, -0.1) is 0 Å². The number of amides is 1. The highest BCUT2D eigenvalue weighted by molar-refractivity contribution is 5.95. The maximum atomic E-state index is 13.7. The third-order valence-corrected chi connectivity index (χ3v) is 3.79. The van der Waals surface area contributed by atoms with E-state index in [4.69, 9.17) is 4.74 Å². The molecule has 4 heteroatoms. The molecule has 0 aromatic heterocycles. The van der Waals surface area contributed by atoms with E-state index in [0.29, 0.717) is 5.75 Å². The summed E-state index contributed by atoms with van der Waals surface area (Å²) in [6, 6.07) is 4.29. The Labute approximate surface area is 106 Å². The van der Waals surface area contributed by atoms with E-state index in [1.165, 1.54) is 19.2 Å². The van der Waals surface area contributed by atoms with Crippen LogP contribution < -0.4 is 10.1 Å². The smallest absolute Gasteiger partial charge is 0.254 e. The van der Waals surface area contributed by atoms with Crippen molar-refractivity contribution >= 4 is 5.91 Å². The van der Waals surface area contributed by atoms with Gasteiger partial charge < -0.3 is 10.1 Å². The van der Waals surface area contributed by atoms with Gasteiger partial charge >= 0.3 is 0 Å². The molecule has 1 saturated carbocycles. The Balaban J connectivity index is 2.14. The number of hydrogen-bond acceptors (Lipinski definition) is 2. The Morgan fingerprint density at radius 2 is 2.22 bits per heavy atom. The van der Waals surface area contributed by atoms with E-state index in [1.54, 1.807) is 6.07 Å². The molecule has 0 heterocycles. The van der Waals surface area contributed by atoms with Crippen LogP contribution in [0.3, 0.4) is 0 Å². The summed E-state index contributed by atoms with van der Waals surface area (Å²) in [6.45, 7) is 2.05. The Morgan fingerprint density at radius 1 is 1.50 bits per heavy atom. The molecule has 0 bridgehead atoms. The number of ether oxygens (including phenoxy) is 1. The first-order valence-electron chi connectivity index (χ1n) is 6.26. The highest BCUT2D eigenvalue weighted by Crippen LogP contribution is 2.35. The number of benzene rings is 1. The molecule has 0 radical (unpaired) electrons. The van der Waals surface area contributed by atoms with Crippen LogP contribution in [0.5, 0.6) is 5.75 Å². The maximum Gasteiger partial charge on any atom is 0.254 e. The topological polar surface area (TPSA) is 38.3 Å². The van der Waals surface area contributed by atoms with Crippen LogP contribution in [-0.4, -0.2) is 18.6 Å². The van der Waals surface area contributed by atoms with Crippen LogP contribution in [0.4, 0.5) is 4.39 Å². The molecule has 0 saturated heterocycles. The van der Waals surface area contributed by atoms with Gasteiger partial charge in [-0.1, -0.05) is 6.92 Å².